The molecular formula is C25H18ClN5O3. The van der Waals surface area contributed by atoms with Crippen molar-refractivity contribution < 1.29 is 9.21 Å². The maximum atomic E-state index is 13.3. The van der Waals surface area contributed by atoms with Crippen LogP contribution in [0, 0.1) is 13.8 Å². The van der Waals surface area contributed by atoms with E-state index in [2.05, 4.69) is 25.3 Å². The van der Waals surface area contributed by atoms with Gasteiger partial charge in [-0.3, -0.25) is 9.59 Å². The largest absolute Gasteiger partial charge is 0.460 e. The highest BCUT2D eigenvalue weighted by Crippen LogP contribution is 2.32. The van der Waals surface area contributed by atoms with Gasteiger partial charge in [0.25, 0.3) is 5.91 Å². The average molecular weight is 472 g/mol. The highest BCUT2D eigenvalue weighted by Gasteiger charge is 2.20. The lowest BCUT2D eigenvalue weighted by atomic mass is 10.1. The first-order valence-corrected chi connectivity index (χ1v) is 10.8. The van der Waals surface area contributed by atoms with E-state index in [9.17, 15) is 9.59 Å². The summed E-state index contributed by atoms with van der Waals surface area (Å²) in [5.74, 6) is 0.798. The number of amides is 1. The van der Waals surface area contributed by atoms with E-state index in [-0.39, 0.29) is 22.0 Å². The number of nitrogens with one attached hydrogen (secondary N) is 2. The van der Waals surface area contributed by atoms with Crippen LogP contribution in [0.5, 0.6) is 0 Å². The molecule has 5 aromatic rings. The van der Waals surface area contributed by atoms with Gasteiger partial charge in [-0.2, -0.15) is 0 Å². The number of aromatic nitrogens is 4. The van der Waals surface area contributed by atoms with Crippen molar-refractivity contribution in [3.63, 3.8) is 0 Å². The Morgan fingerprint density at radius 1 is 1.00 bits per heavy atom. The molecule has 0 fully saturated rings. The van der Waals surface area contributed by atoms with Gasteiger partial charge in [0.05, 0.1) is 0 Å². The van der Waals surface area contributed by atoms with Gasteiger partial charge in [-0.15, -0.1) is 0 Å². The normalized spacial score (nSPS) is 11.0. The molecule has 1 aromatic carbocycles. The van der Waals surface area contributed by atoms with Crippen LogP contribution in [0.1, 0.15) is 21.8 Å². The Bertz CT molecular complexity index is 1590. The van der Waals surface area contributed by atoms with Crippen LogP contribution in [0.2, 0.25) is 5.15 Å². The molecule has 0 spiro atoms. The monoisotopic (exact) mass is 471 g/mol. The van der Waals surface area contributed by atoms with Gasteiger partial charge in [-0.1, -0.05) is 29.8 Å². The van der Waals surface area contributed by atoms with E-state index in [1.807, 2.05) is 26.0 Å². The molecule has 0 aliphatic rings. The number of carbonyl (C=O) groups is 1. The van der Waals surface area contributed by atoms with Crippen LogP contribution < -0.4 is 10.7 Å². The number of benzene rings is 1. The van der Waals surface area contributed by atoms with Crippen molar-refractivity contribution in [2.75, 3.05) is 5.32 Å². The first kappa shape index (κ1) is 21.5. The molecule has 168 valence electrons. The van der Waals surface area contributed by atoms with Crippen molar-refractivity contribution >= 4 is 34.4 Å². The minimum atomic E-state index is -0.467. The predicted molar refractivity (Wildman–Crippen MR) is 130 cm³/mol. The molecule has 34 heavy (non-hydrogen) atoms. The lowest BCUT2D eigenvalue weighted by molar-refractivity contribution is 0.102. The Hall–Kier alpha value is -4.30. The van der Waals surface area contributed by atoms with Gasteiger partial charge in [0, 0.05) is 23.0 Å². The van der Waals surface area contributed by atoms with Crippen LogP contribution in [-0.2, 0) is 0 Å². The number of anilines is 1. The van der Waals surface area contributed by atoms with Crippen LogP contribution in [-0.4, -0.2) is 25.8 Å². The Balaban J connectivity index is 1.68. The predicted octanol–water partition coefficient (Wildman–Crippen LogP) is 5.16. The third kappa shape index (κ3) is 4.06. The molecule has 0 saturated carbocycles. The summed E-state index contributed by atoms with van der Waals surface area (Å²) in [6, 6.07) is 15.7. The average Bonchev–Trinajstić information content (AvgIpc) is 3.26. The number of halogens is 1. The van der Waals surface area contributed by atoms with Gasteiger partial charge in [0.1, 0.15) is 28.0 Å². The second kappa shape index (κ2) is 8.57. The Kier molecular flexibility index (Phi) is 5.43. The molecule has 2 N–H and O–H groups in total. The van der Waals surface area contributed by atoms with Crippen LogP contribution in [0.15, 0.2) is 70.0 Å². The summed E-state index contributed by atoms with van der Waals surface area (Å²) in [5.41, 5.74) is 2.52. The van der Waals surface area contributed by atoms with E-state index in [4.69, 9.17) is 16.0 Å². The summed E-state index contributed by atoms with van der Waals surface area (Å²) >= 11 is 6.19. The maximum Gasteiger partial charge on any atom is 0.255 e. The van der Waals surface area contributed by atoms with E-state index in [1.165, 1.54) is 6.20 Å². The van der Waals surface area contributed by atoms with Crippen molar-refractivity contribution in [1.29, 1.82) is 0 Å². The van der Waals surface area contributed by atoms with E-state index in [1.54, 1.807) is 42.5 Å². The fourth-order valence-electron chi connectivity index (χ4n) is 3.60. The molecule has 4 aromatic heterocycles. The first-order chi connectivity index (χ1) is 16.4. The zero-order valence-corrected chi connectivity index (χ0v) is 19.0. The molecule has 9 heteroatoms. The lowest BCUT2D eigenvalue weighted by Crippen LogP contribution is -2.19. The Morgan fingerprint density at radius 2 is 1.79 bits per heavy atom. The van der Waals surface area contributed by atoms with Crippen molar-refractivity contribution in [3.05, 3.63) is 93.2 Å². The molecule has 0 bridgehead atoms. The SMILES string of the molecule is Cc1cc(-c2nc3c(=O)c(NC(=O)c4ccccc4)c[nH]c3nc2-c2ccc(C)o2)cc(Cl)n1. The molecule has 8 nitrogen and oxygen atoms in total. The maximum absolute atomic E-state index is 13.3. The summed E-state index contributed by atoms with van der Waals surface area (Å²) < 4.78 is 5.80. The number of furan rings is 1. The van der Waals surface area contributed by atoms with Crippen molar-refractivity contribution in [3.8, 4) is 22.7 Å². The van der Waals surface area contributed by atoms with Gasteiger partial charge >= 0.3 is 0 Å². The number of aromatic amines is 1. The van der Waals surface area contributed by atoms with Gasteiger partial charge in [-0.05, 0) is 50.2 Å². The van der Waals surface area contributed by atoms with Crippen molar-refractivity contribution in [1.82, 2.24) is 19.9 Å². The van der Waals surface area contributed by atoms with Gasteiger partial charge < -0.3 is 14.7 Å². The summed E-state index contributed by atoms with van der Waals surface area (Å²) in [6.07, 6.45) is 1.41. The number of aryl methyl sites for hydroxylation is 2. The highest BCUT2D eigenvalue weighted by molar-refractivity contribution is 6.29. The molecule has 0 unspecified atom stereocenters. The van der Waals surface area contributed by atoms with Crippen LogP contribution in [0.25, 0.3) is 33.9 Å². The number of fused-ring (bicyclic) bond motifs is 1. The highest BCUT2D eigenvalue weighted by atomic mass is 35.5. The molecule has 0 aliphatic carbocycles. The van der Waals surface area contributed by atoms with E-state index in [0.717, 1.165) is 0 Å². The quantitative estimate of drug-likeness (QED) is 0.350. The summed E-state index contributed by atoms with van der Waals surface area (Å²) in [7, 11) is 0. The molecular weight excluding hydrogens is 454 g/mol. The Labute approximate surface area is 198 Å². The number of carbonyl (C=O) groups excluding carboxylic acids is 1. The number of hydrogen-bond donors (Lipinski definition) is 2. The van der Waals surface area contributed by atoms with Crippen molar-refractivity contribution in [2.24, 2.45) is 0 Å². The Morgan fingerprint density at radius 3 is 2.50 bits per heavy atom. The third-order valence-electron chi connectivity index (χ3n) is 5.16. The van der Waals surface area contributed by atoms with Crippen LogP contribution in [0.4, 0.5) is 5.69 Å². The lowest BCUT2D eigenvalue weighted by Gasteiger charge is -2.11. The number of nitrogens with zero attached hydrogens (tertiary/aromatic N) is 3. The van der Waals surface area contributed by atoms with Gasteiger partial charge in [0.15, 0.2) is 16.9 Å². The van der Waals surface area contributed by atoms with Crippen LogP contribution in [0.3, 0.4) is 0 Å². The zero-order valence-electron chi connectivity index (χ0n) is 18.2. The second-order valence-corrected chi connectivity index (χ2v) is 8.09. The van der Waals surface area contributed by atoms with E-state index >= 15 is 0 Å². The molecule has 0 saturated heterocycles. The minimum Gasteiger partial charge on any atom is -0.460 e. The molecule has 0 atom stereocenters. The standard InChI is InChI=1S/C25H18ClN5O3/c1-13-10-16(11-19(26)28-13)20-21(18-9-8-14(2)34-18)31-24-22(30-20)23(32)17(12-27-24)29-25(33)15-6-4-3-5-7-15/h3-12H,1-2H3,(H,29,33)(H,27,31,32). The second-order valence-electron chi connectivity index (χ2n) is 7.70. The summed E-state index contributed by atoms with van der Waals surface area (Å²) in [5, 5.41) is 2.93. The molecule has 0 radical (unpaired) electrons. The fraction of sp³-hybridized carbons (Fsp3) is 0.0800. The number of hydrogen-bond acceptors (Lipinski definition) is 6. The smallest absolute Gasteiger partial charge is 0.255 e. The summed E-state index contributed by atoms with van der Waals surface area (Å²) in [4.78, 5) is 42.3. The van der Waals surface area contributed by atoms with Gasteiger partial charge in [-0.25, -0.2) is 15.0 Å². The third-order valence-corrected chi connectivity index (χ3v) is 5.36. The molecule has 0 aliphatic heterocycles. The fourth-order valence-corrected chi connectivity index (χ4v) is 3.86. The summed E-state index contributed by atoms with van der Waals surface area (Å²) in [6.45, 7) is 3.64. The van der Waals surface area contributed by atoms with E-state index < -0.39 is 11.3 Å². The first-order valence-electron chi connectivity index (χ1n) is 10.4. The molecule has 5 rings (SSSR count). The number of rotatable bonds is 4. The van der Waals surface area contributed by atoms with Crippen molar-refractivity contribution in [2.45, 2.75) is 13.8 Å². The number of pyridine rings is 2. The topological polar surface area (TPSA) is 114 Å². The molecule has 4 heterocycles. The van der Waals surface area contributed by atoms with Crippen LogP contribution >= 0.6 is 11.6 Å². The van der Waals surface area contributed by atoms with Gasteiger partial charge in [0.2, 0.25) is 5.43 Å². The molecule has 1 amide bonds. The number of H-pyrrole nitrogens is 1. The van der Waals surface area contributed by atoms with E-state index in [0.29, 0.717) is 39.7 Å². The zero-order chi connectivity index (χ0) is 23.8. The minimum absolute atomic E-state index is 0.0622.